The predicted octanol–water partition coefficient (Wildman–Crippen LogP) is 3.01. The lowest BCUT2D eigenvalue weighted by Gasteiger charge is -2.14. The second kappa shape index (κ2) is 6.26. The van der Waals surface area contributed by atoms with Gasteiger partial charge in [0.1, 0.15) is 11.5 Å². The Morgan fingerprint density at radius 1 is 1.47 bits per heavy atom. The highest BCUT2D eigenvalue weighted by molar-refractivity contribution is 9.08. The highest BCUT2D eigenvalue weighted by Crippen LogP contribution is 2.27. The number of benzene rings is 1. The molecule has 1 aliphatic rings. The van der Waals surface area contributed by atoms with Crippen LogP contribution in [0.2, 0.25) is 0 Å². The minimum Gasteiger partial charge on any atom is -0.497 e. The van der Waals surface area contributed by atoms with E-state index >= 15 is 0 Å². The van der Waals surface area contributed by atoms with E-state index in [1.165, 1.54) is 0 Å². The van der Waals surface area contributed by atoms with Gasteiger partial charge in [0.15, 0.2) is 0 Å². The molecule has 1 aromatic rings. The third-order valence-electron chi connectivity index (χ3n) is 2.91. The summed E-state index contributed by atoms with van der Waals surface area (Å²) in [5.41, 5.74) is 1.11. The number of hydrogen-bond donors (Lipinski definition) is 0. The number of hydrogen-bond acceptors (Lipinski definition) is 3. The molecule has 2 rings (SSSR count). The fourth-order valence-corrected chi connectivity index (χ4v) is 2.29. The van der Waals surface area contributed by atoms with E-state index in [0.717, 1.165) is 48.6 Å². The molecule has 94 valence electrons. The monoisotopic (exact) mass is 300 g/mol. The molecule has 0 aromatic heterocycles. The molecule has 4 heteroatoms. The summed E-state index contributed by atoms with van der Waals surface area (Å²) in [5, 5.41) is 0.765. The molecule has 1 aromatic carbocycles. The van der Waals surface area contributed by atoms with E-state index in [2.05, 4.69) is 15.9 Å². The van der Waals surface area contributed by atoms with Crippen LogP contribution in [-0.4, -0.2) is 26.9 Å². The summed E-state index contributed by atoms with van der Waals surface area (Å²) < 4.78 is 16.4. The number of rotatable bonds is 5. The van der Waals surface area contributed by atoms with Crippen molar-refractivity contribution in [3.63, 3.8) is 0 Å². The molecule has 0 bridgehead atoms. The summed E-state index contributed by atoms with van der Waals surface area (Å²) in [6, 6.07) is 5.88. The zero-order valence-corrected chi connectivity index (χ0v) is 11.5. The molecule has 0 amide bonds. The minimum absolute atomic E-state index is 0.528. The Morgan fingerprint density at radius 2 is 2.35 bits per heavy atom. The van der Waals surface area contributed by atoms with Crippen LogP contribution in [0.25, 0.3) is 0 Å². The first-order valence-electron chi connectivity index (χ1n) is 5.77. The van der Waals surface area contributed by atoms with Crippen molar-refractivity contribution in [1.29, 1.82) is 0 Å². The SMILES string of the molecule is COc1ccc(OCC2CCOC2)c(CBr)c1. The number of halogens is 1. The molecule has 1 fully saturated rings. The van der Waals surface area contributed by atoms with Crippen LogP contribution in [0.5, 0.6) is 11.5 Å². The van der Waals surface area contributed by atoms with Crippen molar-refractivity contribution >= 4 is 15.9 Å². The molecule has 1 saturated heterocycles. The third-order valence-corrected chi connectivity index (χ3v) is 3.51. The van der Waals surface area contributed by atoms with Crippen LogP contribution in [-0.2, 0) is 10.1 Å². The van der Waals surface area contributed by atoms with Gasteiger partial charge < -0.3 is 14.2 Å². The molecule has 0 saturated carbocycles. The largest absolute Gasteiger partial charge is 0.497 e. The van der Waals surface area contributed by atoms with E-state index in [1.807, 2.05) is 18.2 Å². The molecule has 1 heterocycles. The van der Waals surface area contributed by atoms with Gasteiger partial charge in [-0.3, -0.25) is 0 Å². The second-order valence-electron chi connectivity index (χ2n) is 4.15. The Balaban J connectivity index is 1.98. The van der Waals surface area contributed by atoms with E-state index in [4.69, 9.17) is 14.2 Å². The van der Waals surface area contributed by atoms with Crippen LogP contribution in [0.3, 0.4) is 0 Å². The standard InChI is InChI=1S/C13H17BrO3/c1-15-12-2-3-13(11(6-12)7-14)17-9-10-4-5-16-8-10/h2-3,6,10H,4-5,7-9H2,1H3. The fraction of sp³-hybridized carbons (Fsp3) is 0.538. The Kier molecular flexibility index (Phi) is 4.68. The minimum atomic E-state index is 0.528. The normalized spacial score (nSPS) is 19.3. The van der Waals surface area contributed by atoms with Crippen molar-refractivity contribution in [2.75, 3.05) is 26.9 Å². The highest BCUT2D eigenvalue weighted by Gasteiger charge is 2.16. The topological polar surface area (TPSA) is 27.7 Å². The second-order valence-corrected chi connectivity index (χ2v) is 4.71. The van der Waals surface area contributed by atoms with Crippen LogP contribution in [0.15, 0.2) is 18.2 Å². The molecule has 1 aliphatic heterocycles. The third kappa shape index (κ3) is 3.36. The lowest BCUT2D eigenvalue weighted by molar-refractivity contribution is 0.167. The molecule has 0 aliphatic carbocycles. The molecule has 1 unspecified atom stereocenters. The first kappa shape index (κ1) is 12.7. The summed E-state index contributed by atoms with van der Waals surface area (Å²) in [4.78, 5) is 0. The Morgan fingerprint density at radius 3 is 3.00 bits per heavy atom. The predicted molar refractivity (Wildman–Crippen MR) is 70.0 cm³/mol. The molecule has 3 nitrogen and oxygen atoms in total. The van der Waals surface area contributed by atoms with Crippen molar-refractivity contribution in [3.05, 3.63) is 23.8 Å². The first-order chi connectivity index (χ1) is 8.33. The summed E-state index contributed by atoms with van der Waals surface area (Å²) in [7, 11) is 1.67. The van der Waals surface area contributed by atoms with Gasteiger partial charge in [-0.15, -0.1) is 0 Å². The Hall–Kier alpha value is -0.740. The summed E-state index contributed by atoms with van der Waals surface area (Å²) in [6.45, 7) is 2.41. The van der Waals surface area contributed by atoms with Gasteiger partial charge in [0.05, 0.1) is 20.3 Å². The van der Waals surface area contributed by atoms with E-state index in [9.17, 15) is 0 Å². The average molecular weight is 301 g/mol. The Bertz CT molecular complexity index is 362. The van der Waals surface area contributed by atoms with Gasteiger partial charge in [-0.1, -0.05) is 15.9 Å². The molecule has 0 spiro atoms. The van der Waals surface area contributed by atoms with Crippen molar-refractivity contribution in [2.24, 2.45) is 5.92 Å². The Labute approximate surface area is 110 Å². The number of ether oxygens (including phenoxy) is 3. The van der Waals surface area contributed by atoms with Gasteiger partial charge in [0.25, 0.3) is 0 Å². The zero-order valence-electron chi connectivity index (χ0n) is 9.95. The smallest absolute Gasteiger partial charge is 0.123 e. The van der Waals surface area contributed by atoms with Crippen molar-refractivity contribution in [3.8, 4) is 11.5 Å². The molecule has 17 heavy (non-hydrogen) atoms. The molecule has 0 radical (unpaired) electrons. The van der Waals surface area contributed by atoms with E-state index in [-0.39, 0.29) is 0 Å². The van der Waals surface area contributed by atoms with Crippen LogP contribution in [0.4, 0.5) is 0 Å². The summed E-state index contributed by atoms with van der Waals surface area (Å²) in [6.07, 6.45) is 1.10. The van der Waals surface area contributed by atoms with Crippen LogP contribution in [0.1, 0.15) is 12.0 Å². The number of methoxy groups -OCH3 is 1. The molecule has 0 N–H and O–H groups in total. The first-order valence-corrected chi connectivity index (χ1v) is 6.89. The van der Waals surface area contributed by atoms with Gasteiger partial charge in [-0.2, -0.15) is 0 Å². The zero-order chi connectivity index (χ0) is 12.1. The summed E-state index contributed by atoms with van der Waals surface area (Å²) in [5.74, 6) is 2.31. The molecular formula is C13H17BrO3. The molecular weight excluding hydrogens is 284 g/mol. The van der Waals surface area contributed by atoms with Crippen LogP contribution >= 0.6 is 15.9 Å². The van der Waals surface area contributed by atoms with Crippen LogP contribution < -0.4 is 9.47 Å². The van der Waals surface area contributed by atoms with E-state index in [0.29, 0.717) is 5.92 Å². The quantitative estimate of drug-likeness (QED) is 0.783. The van der Waals surface area contributed by atoms with E-state index < -0.39 is 0 Å². The molecule has 1 atom stereocenters. The lowest BCUT2D eigenvalue weighted by atomic mass is 10.1. The lowest BCUT2D eigenvalue weighted by Crippen LogP contribution is -2.12. The maximum absolute atomic E-state index is 5.85. The van der Waals surface area contributed by atoms with Crippen molar-refractivity contribution in [1.82, 2.24) is 0 Å². The van der Waals surface area contributed by atoms with Gasteiger partial charge in [0, 0.05) is 23.4 Å². The fourth-order valence-electron chi connectivity index (χ4n) is 1.85. The van der Waals surface area contributed by atoms with Gasteiger partial charge >= 0.3 is 0 Å². The average Bonchev–Trinajstić information content (AvgIpc) is 2.89. The van der Waals surface area contributed by atoms with Crippen molar-refractivity contribution < 1.29 is 14.2 Å². The number of alkyl halides is 1. The summed E-state index contributed by atoms with van der Waals surface area (Å²) >= 11 is 3.46. The maximum atomic E-state index is 5.85. The van der Waals surface area contributed by atoms with Crippen molar-refractivity contribution in [2.45, 2.75) is 11.8 Å². The van der Waals surface area contributed by atoms with E-state index in [1.54, 1.807) is 7.11 Å². The van der Waals surface area contributed by atoms with Gasteiger partial charge in [0.2, 0.25) is 0 Å². The highest BCUT2D eigenvalue weighted by atomic mass is 79.9. The maximum Gasteiger partial charge on any atom is 0.123 e. The van der Waals surface area contributed by atoms with Gasteiger partial charge in [-0.25, -0.2) is 0 Å². The van der Waals surface area contributed by atoms with Gasteiger partial charge in [-0.05, 0) is 24.6 Å². The van der Waals surface area contributed by atoms with Crippen LogP contribution in [0, 0.1) is 5.92 Å².